The molecule has 6 nitrogen and oxygen atoms in total. The second kappa shape index (κ2) is 9.22. The van der Waals surface area contributed by atoms with Crippen molar-refractivity contribution >= 4 is 33.7 Å². The Labute approximate surface area is 188 Å². The number of carbonyl (C=O) groups is 2. The molecule has 1 heterocycles. The molecule has 31 heavy (non-hydrogen) atoms. The van der Waals surface area contributed by atoms with Crippen molar-refractivity contribution in [2.75, 3.05) is 12.0 Å². The Hall–Kier alpha value is -3.32. The summed E-state index contributed by atoms with van der Waals surface area (Å²) >= 11 is 3.48. The van der Waals surface area contributed by atoms with Crippen LogP contribution in [0.1, 0.15) is 17.2 Å². The summed E-state index contributed by atoms with van der Waals surface area (Å²) in [7, 11) is 1.27. The SMILES string of the molecule is COC(=O)[C@H]1OC(=O)N(c2ccccc2)[C@@H]1c1ccc(Br)cc1OCc1ccccc1. The number of halogens is 1. The normalized spacial score (nSPS) is 17.9. The van der Waals surface area contributed by atoms with E-state index in [-0.39, 0.29) is 0 Å². The van der Waals surface area contributed by atoms with Gasteiger partial charge in [-0.1, -0.05) is 70.5 Å². The van der Waals surface area contributed by atoms with E-state index in [9.17, 15) is 9.59 Å². The zero-order chi connectivity index (χ0) is 21.8. The van der Waals surface area contributed by atoms with E-state index in [4.69, 9.17) is 14.2 Å². The predicted octanol–water partition coefficient (Wildman–Crippen LogP) is 5.27. The summed E-state index contributed by atoms with van der Waals surface area (Å²) in [4.78, 5) is 26.8. The highest BCUT2D eigenvalue weighted by Gasteiger charge is 2.49. The van der Waals surface area contributed by atoms with E-state index in [0.29, 0.717) is 23.6 Å². The Kier molecular flexibility index (Phi) is 6.23. The van der Waals surface area contributed by atoms with Crippen molar-refractivity contribution < 1.29 is 23.8 Å². The third-order valence-electron chi connectivity index (χ3n) is 4.99. The quantitative estimate of drug-likeness (QED) is 0.448. The van der Waals surface area contributed by atoms with Crippen LogP contribution in [0.25, 0.3) is 0 Å². The smallest absolute Gasteiger partial charge is 0.415 e. The van der Waals surface area contributed by atoms with Crippen LogP contribution in [0.5, 0.6) is 5.75 Å². The molecule has 1 aliphatic rings. The van der Waals surface area contributed by atoms with Crippen molar-refractivity contribution in [3.63, 3.8) is 0 Å². The molecule has 158 valence electrons. The number of rotatable bonds is 6. The van der Waals surface area contributed by atoms with Crippen LogP contribution in [0.4, 0.5) is 10.5 Å². The Morgan fingerprint density at radius 1 is 1.03 bits per heavy atom. The summed E-state index contributed by atoms with van der Waals surface area (Å²) in [5.74, 6) is -0.0925. The maximum Gasteiger partial charge on any atom is 0.415 e. The lowest BCUT2D eigenvalue weighted by Crippen LogP contribution is -2.33. The topological polar surface area (TPSA) is 65.1 Å². The van der Waals surface area contributed by atoms with Crippen molar-refractivity contribution in [1.82, 2.24) is 0 Å². The Morgan fingerprint density at radius 3 is 2.39 bits per heavy atom. The fourth-order valence-electron chi connectivity index (χ4n) is 3.54. The molecule has 0 aromatic heterocycles. The number of para-hydroxylation sites is 1. The standard InChI is InChI=1S/C24H20BrNO5/c1-29-23(27)22-21(26(24(28)31-22)18-10-6-3-7-11-18)19-13-12-17(25)14-20(19)30-15-16-8-4-2-5-9-16/h2-14,21-22H,15H2,1H3/t21-,22+/m1/s1. The lowest BCUT2D eigenvalue weighted by atomic mass is 9.99. The number of carbonyl (C=O) groups excluding carboxylic acids is 2. The molecule has 0 N–H and O–H groups in total. The highest BCUT2D eigenvalue weighted by Crippen LogP contribution is 2.42. The van der Waals surface area contributed by atoms with Gasteiger partial charge in [0, 0.05) is 15.7 Å². The molecule has 2 atom stereocenters. The predicted molar refractivity (Wildman–Crippen MR) is 119 cm³/mol. The molecule has 0 radical (unpaired) electrons. The molecule has 1 amide bonds. The Balaban J connectivity index is 1.76. The van der Waals surface area contributed by atoms with Gasteiger partial charge in [0.05, 0.1) is 7.11 Å². The van der Waals surface area contributed by atoms with E-state index in [1.165, 1.54) is 12.0 Å². The number of hydrogen-bond acceptors (Lipinski definition) is 5. The van der Waals surface area contributed by atoms with E-state index >= 15 is 0 Å². The summed E-state index contributed by atoms with van der Waals surface area (Å²) in [6, 6.07) is 23.5. The van der Waals surface area contributed by atoms with Gasteiger partial charge >= 0.3 is 12.1 Å². The Bertz CT molecular complexity index is 1070. The van der Waals surface area contributed by atoms with Gasteiger partial charge in [0.15, 0.2) is 0 Å². The Morgan fingerprint density at radius 2 is 1.71 bits per heavy atom. The monoisotopic (exact) mass is 481 g/mol. The van der Waals surface area contributed by atoms with Crippen LogP contribution in [0, 0.1) is 0 Å². The third-order valence-corrected chi connectivity index (χ3v) is 5.48. The van der Waals surface area contributed by atoms with Gasteiger partial charge in [-0.25, -0.2) is 9.59 Å². The van der Waals surface area contributed by atoms with E-state index in [2.05, 4.69) is 15.9 Å². The summed E-state index contributed by atoms with van der Waals surface area (Å²) < 4.78 is 17.3. The van der Waals surface area contributed by atoms with Gasteiger partial charge in [-0.2, -0.15) is 0 Å². The maximum atomic E-state index is 12.8. The summed E-state index contributed by atoms with van der Waals surface area (Å²) in [6.07, 6.45) is -1.75. The molecule has 3 aromatic rings. The second-order valence-electron chi connectivity index (χ2n) is 6.93. The molecule has 0 bridgehead atoms. The fraction of sp³-hybridized carbons (Fsp3) is 0.167. The van der Waals surface area contributed by atoms with Crippen molar-refractivity contribution in [3.8, 4) is 5.75 Å². The average Bonchev–Trinajstić information content (AvgIpc) is 3.15. The largest absolute Gasteiger partial charge is 0.488 e. The van der Waals surface area contributed by atoms with Crippen LogP contribution >= 0.6 is 15.9 Å². The van der Waals surface area contributed by atoms with Crippen molar-refractivity contribution in [2.45, 2.75) is 18.8 Å². The number of cyclic esters (lactones) is 1. The highest BCUT2D eigenvalue weighted by atomic mass is 79.9. The van der Waals surface area contributed by atoms with Crippen molar-refractivity contribution in [2.24, 2.45) is 0 Å². The first kappa shape index (κ1) is 20.9. The fourth-order valence-corrected chi connectivity index (χ4v) is 3.88. The lowest BCUT2D eigenvalue weighted by molar-refractivity contribution is -0.149. The molecular weight excluding hydrogens is 462 g/mol. The minimum absolute atomic E-state index is 0.333. The van der Waals surface area contributed by atoms with E-state index in [1.54, 1.807) is 12.1 Å². The first-order valence-corrected chi connectivity index (χ1v) is 10.5. The molecule has 1 aliphatic heterocycles. The van der Waals surface area contributed by atoms with Crippen LogP contribution in [0.3, 0.4) is 0 Å². The molecule has 1 saturated heterocycles. The van der Waals surface area contributed by atoms with Crippen LogP contribution in [0.15, 0.2) is 83.3 Å². The first-order chi connectivity index (χ1) is 15.1. The van der Waals surface area contributed by atoms with Crippen LogP contribution in [-0.4, -0.2) is 25.3 Å². The van der Waals surface area contributed by atoms with Gasteiger partial charge in [0.2, 0.25) is 6.10 Å². The van der Waals surface area contributed by atoms with Crippen molar-refractivity contribution in [3.05, 3.63) is 94.5 Å². The number of esters is 1. The van der Waals surface area contributed by atoms with Gasteiger partial charge in [-0.05, 0) is 29.8 Å². The lowest BCUT2D eigenvalue weighted by Gasteiger charge is -2.26. The van der Waals surface area contributed by atoms with E-state index < -0.39 is 24.2 Å². The van der Waals surface area contributed by atoms with Crippen LogP contribution in [0.2, 0.25) is 0 Å². The minimum Gasteiger partial charge on any atom is -0.488 e. The first-order valence-electron chi connectivity index (χ1n) is 9.67. The number of ether oxygens (including phenoxy) is 3. The molecule has 0 aliphatic carbocycles. The number of benzene rings is 3. The third kappa shape index (κ3) is 4.41. The van der Waals surface area contributed by atoms with Gasteiger partial charge in [0.1, 0.15) is 18.4 Å². The maximum absolute atomic E-state index is 12.8. The van der Waals surface area contributed by atoms with Crippen LogP contribution in [-0.2, 0) is 20.9 Å². The second-order valence-corrected chi connectivity index (χ2v) is 7.85. The van der Waals surface area contributed by atoms with Crippen molar-refractivity contribution in [1.29, 1.82) is 0 Å². The van der Waals surface area contributed by atoms with Gasteiger partial charge in [-0.15, -0.1) is 0 Å². The van der Waals surface area contributed by atoms with Gasteiger partial charge in [-0.3, -0.25) is 4.90 Å². The molecule has 1 fully saturated rings. The highest BCUT2D eigenvalue weighted by molar-refractivity contribution is 9.10. The molecule has 7 heteroatoms. The summed E-state index contributed by atoms with van der Waals surface area (Å²) in [6.45, 7) is 0.333. The molecule has 0 saturated carbocycles. The van der Waals surface area contributed by atoms with Gasteiger partial charge in [0.25, 0.3) is 0 Å². The number of amides is 1. The molecule has 3 aromatic carbocycles. The number of methoxy groups -OCH3 is 1. The molecule has 0 spiro atoms. The van der Waals surface area contributed by atoms with Crippen LogP contribution < -0.4 is 9.64 Å². The van der Waals surface area contributed by atoms with E-state index in [1.807, 2.05) is 66.7 Å². The summed E-state index contributed by atoms with van der Waals surface area (Å²) in [5, 5.41) is 0. The van der Waals surface area contributed by atoms with E-state index in [0.717, 1.165) is 10.0 Å². The van der Waals surface area contributed by atoms with Gasteiger partial charge < -0.3 is 14.2 Å². The average molecular weight is 482 g/mol. The molecule has 4 rings (SSSR count). The minimum atomic E-state index is -1.13. The number of nitrogens with zero attached hydrogens (tertiary/aromatic N) is 1. The summed E-state index contributed by atoms with van der Waals surface area (Å²) in [5.41, 5.74) is 2.25. The molecule has 0 unspecified atom stereocenters. The molecular formula is C24H20BrNO5. The zero-order valence-corrected chi connectivity index (χ0v) is 18.3. The zero-order valence-electron chi connectivity index (χ0n) is 16.7. The number of hydrogen-bond donors (Lipinski definition) is 0. The number of anilines is 1.